The van der Waals surface area contributed by atoms with Crippen molar-refractivity contribution in [3.05, 3.63) is 6.15 Å². The molecule has 0 aromatic rings. The molecule has 0 amide bonds. The molecule has 5 heteroatoms. The summed E-state index contributed by atoms with van der Waals surface area (Å²) in [4.78, 5) is 0. The maximum atomic E-state index is 5.63. The van der Waals surface area contributed by atoms with Crippen LogP contribution in [-0.2, 0) is 16.5 Å². The summed E-state index contributed by atoms with van der Waals surface area (Å²) < 4.78 is 0. The predicted molar refractivity (Wildman–Crippen MR) is 48.1 cm³/mol. The van der Waals surface area contributed by atoms with Gasteiger partial charge in [-0.05, 0) is 12.8 Å². The first-order valence-electron chi connectivity index (χ1n) is 3.39. The van der Waals surface area contributed by atoms with E-state index < -0.39 is 16.5 Å². The molecule has 0 atom stereocenters. The maximum Gasteiger partial charge on any atom is -0.693 e. The normalized spacial score (nSPS) is 18.1. The van der Waals surface area contributed by atoms with Gasteiger partial charge in [-0.2, -0.15) is 0 Å². The van der Waals surface area contributed by atoms with E-state index in [-0.39, 0.29) is 6.15 Å². The third-order valence-electron chi connectivity index (χ3n) is 1.65. The molecule has 11 heavy (non-hydrogen) atoms. The van der Waals surface area contributed by atoms with Crippen molar-refractivity contribution < 1.29 is 16.5 Å². The van der Waals surface area contributed by atoms with Crippen LogP contribution in [0.3, 0.4) is 0 Å². The van der Waals surface area contributed by atoms with E-state index in [1.54, 1.807) is 0 Å². The number of hydrogen-bond acceptors (Lipinski definition) is 1. The predicted octanol–water partition coefficient (Wildman–Crippen LogP) is 3.37. The third-order valence-corrected chi connectivity index (χ3v) is 1.65. The Balaban J connectivity index is 0. The first-order valence-corrected chi connectivity index (χ1v) is 9.02. The Labute approximate surface area is 85.2 Å². The van der Waals surface area contributed by atoms with E-state index in [0.29, 0.717) is 6.04 Å². The summed E-state index contributed by atoms with van der Waals surface area (Å²) in [6.07, 6.45) is 6.66. The largest absolute Gasteiger partial charge is 0.693 e. The van der Waals surface area contributed by atoms with E-state index in [1.807, 2.05) is 0 Å². The molecule has 1 aliphatic carbocycles. The summed E-state index contributed by atoms with van der Waals surface area (Å²) >= 11 is -0.472. The maximum absolute atomic E-state index is 5.63. The van der Waals surface area contributed by atoms with Crippen LogP contribution in [0.2, 0.25) is 0 Å². The second-order valence-electron chi connectivity index (χ2n) is 2.44. The average molecular weight is 381 g/mol. The molecule has 2 nitrogen and oxygen atoms in total. The minimum Gasteiger partial charge on any atom is -0.693 e. The molecule has 1 aliphatic rings. The van der Waals surface area contributed by atoms with Crippen LogP contribution in [0.1, 0.15) is 32.1 Å². The summed E-state index contributed by atoms with van der Waals surface area (Å²) in [6, 6.07) is 0.536. The zero-order valence-electron chi connectivity index (χ0n) is 6.34. The monoisotopic (exact) mass is 380 g/mol. The molecule has 0 spiro atoms. The van der Waals surface area contributed by atoms with Crippen molar-refractivity contribution in [1.29, 1.82) is 0 Å². The summed E-state index contributed by atoms with van der Waals surface area (Å²) in [5, 5.41) is 0. The van der Waals surface area contributed by atoms with Gasteiger partial charge in [-0.1, -0.05) is 19.3 Å². The van der Waals surface area contributed by atoms with Crippen LogP contribution in [-0.4, -0.2) is 6.04 Å². The Morgan fingerprint density at radius 3 is 1.64 bits per heavy atom. The fourth-order valence-corrected chi connectivity index (χ4v) is 1.13. The minimum atomic E-state index is -0.472. The van der Waals surface area contributed by atoms with Crippen molar-refractivity contribution in [2.75, 3.05) is 0 Å². The van der Waals surface area contributed by atoms with Crippen molar-refractivity contribution in [3.8, 4) is 0 Å². The Bertz CT molecular complexity index is 69.6. The van der Waals surface area contributed by atoms with E-state index in [1.165, 1.54) is 32.1 Å². The number of hydrogen-bond donors (Lipinski definition) is 1. The van der Waals surface area contributed by atoms with E-state index >= 15 is 0 Å². The number of rotatable bonds is 0. The van der Waals surface area contributed by atoms with Crippen LogP contribution >= 0.6 is 18.8 Å². The second-order valence-corrected chi connectivity index (χ2v) is 5.73. The van der Waals surface area contributed by atoms with Crippen molar-refractivity contribution in [3.63, 3.8) is 0 Å². The van der Waals surface area contributed by atoms with Gasteiger partial charge in [-0.3, -0.25) is 0 Å². The molecule has 1 rings (SSSR count). The fraction of sp³-hybridized carbons (Fsp3) is 1.00. The average Bonchev–Trinajstić information content (AvgIpc) is 1.91. The molecule has 74 valence electrons. The van der Waals surface area contributed by atoms with Gasteiger partial charge in [0.25, 0.3) is 0 Å². The van der Waals surface area contributed by atoms with Crippen LogP contribution in [0.25, 0.3) is 6.15 Å². The molecule has 0 aliphatic heterocycles. The van der Waals surface area contributed by atoms with Crippen LogP contribution in [0, 0.1) is 0 Å². The molecule has 0 bridgehead atoms. The molecule has 0 saturated heterocycles. The summed E-state index contributed by atoms with van der Waals surface area (Å²) in [5.41, 5.74) is 5.63. The first-order chi connectivity index (χ1) is 4.81. The minimum absolute atomic E-state index is 0. The van der Waals surface area contributed by atoms with E-state index in [9.17, 15) is 0 Å². The van der Waals surface area contributed by atoms with Crippen LogP contribution in [0.5, 0.6) is 0 Å². The van der Waals surface area contributed by atoms with Crippen LogP contribution in [0.4, 0.5) is 0 Å². The SMILES string of the molecule is NC1CCCCC1.[Cl][Pt][Cl].[NH2-]. The van der Waals surface area contributed by atoms with Crippen molar-refractivity contribution in [2.24, 2.45) is 5.73 Å². The molecular weight excluding hydrogens is 366 g/mol. The van der Waals surface area contributed by atoms with Crippen molar-refractivity contribution >= 4 is 18.8 Å². The first kappa shape index (κ1) is 14.7. The van der Waals surface area contributed by atoms with Gasteiger partial charge in [-0.25, -0.2) is 0 Å². The van der Waals surface area contributed by atoms with Gasteiger partial charge in [0.1, 0.15) is 0 Å². The summed E-state index contributed by atoms with van der Waals surface area (Å²) in [6.45, 7) is 0. The van der Waals surface area contributed by atoms with Crippen LogP contribution < -0.4 is 5.73 Å². The van der Waals surface area contributed by atoms with Gasteiger partial charge in [0.2, 0.25) is 0 Å². The second kappa shape index (κ2) is 11.2. The smallest absolute Gasteiger partial charge is 0.693 e. The zero-order chi connectivity index (χ0) is 7.82. The molecule has 0 aromatic carbocycles. The van der Waals surface area contributed by atoms with E-state index in [4.69, 9.17) is 24.6 Å². The topological polar surface area (TPSA) is 59.5 Å². The molecule has 4 N–H and O–H groups in total. The molecular formula is C6H15Cl2N2Pt-. The van der Waals surface area contributed by atoms with Crippen LogP contribution in [0.15, 0.2) is 0 Å². The van der Waals surface area contributed by atoms with Gasteiger partial charge in [0, 0.05) is 6.04 Å². The van der Waals surface area contributed by atoms with Gasteiger partial charge in [-0.15, -0.1) is 0 Å². The van der Waals surface area contributed by atoms with Crippen molar-refractivity contribution in [1.82, 2.24) is 0 Å². The molecule has 0 heterocycles. The molecule has 0 unspecified atom stereocenters. The summed E-state index contributed by atoms with van der Waals surface area (Å²) in [7, 11) is 9.75. The Hall–Kier alpha value is 1.19. The molecule has 0 radical (unpaired) electrons. The van der Waals surface area contributed by atoms with Gasteiger partial charge >= 0.3 is 35.3 Å². The van der Waals surface area contributed by atoms with E-state index in [2.05, 4.69) is 0 Å². The van der Waals surface area contributed by atoms with E-state index in [0.717, 1.165) is 0 Å². The van der Waals surface area contributed by atoms with Gasteiger partial charge in [0.15, 0.2) is 0 Å². The zero-order valence-corrected chi connectivity index (χ0v) is 10.1. The van der Waals surface area contributed by atoms with Gasteiger partial charge < -0.3 is 11.9 Å². The summed E-state index contributed by atoms with van der Waals surface area (Å²) in [5.74, 6) is 0. The molecule has 1 saturated carbocycles. The molecule has 0 aromatic heterocycles. The number of halogens is 2. The third kappa shape index (κ3) is 11.2. The Morgan fingerprint density at radius 1 is 1.09 bits per heavy atom. The fourth-order valence-electron chi connectivity index (χ4n) is 1.13. The Kier molecular flexibility index (Phi) is 14.9. The standard InChI is InChI=1S/C6H13N.2ClH.H2N.Pt/c7-6-4-2-1-3-5-6;;;;/h6H,1-5,7H2;2*1H;1H2;/q;;;-1;+2/p-2. The number of nitrogens with two attached hydrogens (primary N) is 2. The van der Waals surface area contributed by atoms with Gasteiger partial charge in [0.05, 0.1) is 0 Å². The van der Waals surface area contributed by atoms with Crippen molar-refractivity contribution in [2.45, 2.75) is 38.1 Å². The Morgan fingerprint density at radius 2 is 1.45 bits per heavy atom. The molecule has 1 fully saturated rings. The quantitative estimate of drug-likeness (QED) is 0.687.